The Bertz CT molecular complexity index is 348. The van der Waals surface area contributed by atoms with Gasteiger partial charge in [-0.3, -0.25) is 0 Å². The van der Waals surface area contributed by atoms with Gasteiger partial charge >= 0.3 is 0 Å². The van der Waals surface area contributed by atoms with Crippen molar-refractivity contribution in [2.24, 2.45) is 10.8 Å². The van der Waals surface area contributed by atoms with Gasteiger partial charge in [-0.1, -0.05) is 45.9 Å². The van der Waals surface area contributed by atoms with Crippen molar-refractivity contribution < 1.29 is 4.74 Å². The maximum Gasteiger partial charge on any atom is 0.119 e. The molecule has 1 aromatic carbocycles. The molecule has 94 valence electrons. The van der Waals surface area contributed by atoms with Crippen LogP contribution in [0.25, 0.3) is 0 Å². The van der Waals surface area contributed by atoms with Crippen LogP contribution in [-0.4, -0.2) is 6.10 Å². The highest BCUT2D eigenvalue weighted by molar-refractivity contribution is 5.21. The first-order valence-corrected chi connectivity index (χ1v) is 6.58. The summed E-state index contributed by atoms with van der Waals surface area (Å²) in [5.74, 6) is 1.01. The molecular formula is C16H24O. The van der Waals surface area contributed by atoms with E-state index in [1.807, 2.05) is 18.2 Å². The number of rotatable bonds is 2. The van der Waals surface area contributed by atoms with E-state index in [9.17, 15) is 0 Å². The Morgan fingerprint density at radius 2 is 1.47 bits per heavy atom. The van der Waals surface area contributed by atoms with Gasteiger partial charge in [-0.2, -0.15) is 0 Å². The fraction of sp³-hybridized carbons (Fsp3) is 0.625. The summed E-state index contributed by atoms with van der Waals surface area (Å²) in [7, 11) is 0. The van der Waals surface area contributed by atoms with Crippen LogP contribution in [0.15, 0.2) is 30.3 Å². The highest BCUT2D eigenvalue weighted by atomic mass is 16.5. The molecule has 1 saturated carbocycles. The van der Waals surface area contributed by atoms with Crippen LogP contribution in [0.4, 0.5) is 0 Å². The predicted octanol–water partition coefficient (Wildman–Crippen LogP) is 4.67. The van der Waals surface area contributed by atoms with Gasteiger partial charge in [0.2, 0.25) is 0 Å². The van der Waals surface area contributed by atoms with Crippen molar-refractivity contribution >= 4 is 0 Å². The van der Waals surface area contributed by atoms with Gasteiger partial charge in [-0.15, -0.1) is 0 Å². The Kier molecular flexibility index (Phi) is 3.20. The third kappa shape index (κ3) is 3.49. The molecule has 0 radical (unpaired) electrons. The topological polar surface area (TPSA) is 9.23 Å². The Labute approximate surface area is 105 Å². The molecule has 0 bridgehead atoms. The Hall–Kier alpha value is -0.980. The van der Waals surface area contributed by atoms with Crippen molar-refractivity contribution in [3.63, 3.8) is 0 Å². The molecule has 0 N–H and O–H groups in total. The fourth-order valence-electron chi connectivity index (χ4n) is 3.52. The molecule has 1 heteroatoms. The van der Waals surface area contributed by atoms with E-state index >= 15 is 0 Å². The maximum absolute atomic E-state index is 6.13. The lowest BCUT2D eigenvalue weighted by Crippen LogP contribution is -2.39. The Balaban J connectivity index is 2.06. The predicted molar refractivity (Wildman–Crippen MR) is 72.3 cm³/mol. The number of hydrogen-bond donors (Lipinski definition) is 0. The average Bonchev–Trinajstić information content (AvgIpc) is 2.13. The van der Waals surface area contributed by atoms with Crippen LogP contribution in [-0.2, 0) is 0 Å². The third-order valence-electron chi connectivity index (χ3n) is 3.56. The molecule has 17 heavy (non-hydrogen) atoms. The van der Waals surface area contributed by atoms with E-state index in [-0.39, 0.29) is 0 Å². The lowest BCUT2D eigenvalue weighted by molar-refractivity contribution is 0.0134. The lowest BCUT2D eigenvalue weighted by atomic mass is 9.64. The maximum atomic E-state index is 6.13. The first-order chi connectivity index (χ1) is 7.86. The fourth-order valence-corrected chi connectivity index (χ4v) is 3.52. The minimum Gasteiger partial charge on any atom is -0.490 e. The summed E-state index contributed by atoms with van der Waals surface area (Å²) in [6.45, 7) is 9.43. The van der Waals surface area contributed by atoms with Gasteiger partial charge in [0.25, 0.3) is 0 Å². The zero-order chi connectivity index (χ0) is 12.5. The standard InChI is InChI=1S/C16H24O/c1-15(2)10-14(11-16(3,4)12-15)17-13-8-6-5-7-9-13/h5-9,14H,10-12H2,1-4H3. The normalized spacial score (nSPS) is 23.3. The van der Waals surface area contributed by atoms with Gasteiger partial charge < -0.3 is 4.74 Å². The van der Waals surface area contributed by atoms with E-state index in [2.05, 4.69) is 39.8 Å². The van der Waals surface area contributed by atoms with Crippen molar-refractivity contribution in [2.75, 3.05) is 0 Å². The summed E-state index contributed by atoms with van der Waals surface area (Å²) in [6.07, 6.45) is 3.96. The Morgan fingerprint density at radius 3 is 2.00 bits per heavy atom. The number of benzene rings is 1. The summed E-state index contributed by atoms with van der Waals surface area (Å²) < 4.78 is 6.13. The summed E-state index contributed by atoms with van der Waals surface area (Å²) >= 11 is 0. The molecule has 0 spiro atoms. The molecule has 0 amide bonds. The Morgan fingerprint density at radius 1 is 0.941 bits per heavy atom. The molecule has 0 unspecified atom stereocenters. The molecule has 1 nitrogen and oxygen atoms in total. The molecule has 0 saturated heterocycles. The largest absolute Gasteiger partial charge is 0.490 e. The summed E-state index contributed by atoms with van der Waals surface area (Å²) in [6, 6.07) is 10.2. The smallest absolute Gasteiger partial charge is 0.119 e. The quantitative estimate of drug-likeness (QED) is 0.720. The third-order valence-corrected chi connectivity index (χ3v) is 3.56. The molecule has 0 aliphatic heterocycles. The van der Waals surface area contributed by atoms with Crippen LogP contribution in [0.2, 0.25) is 0 Å². The van der Waals surface area contributed by atoms with Crippen molar-refractivity contribution in [3.8, 4) is 5.75 Å². The SMILES string of the molecule is CC1(C)CC(Oc2ccccc2)CC(C)(C)C1. The van der Waals surface area contributed by atoms with Gasteiger partial charge in [-0.05, 0) is 42.2 Å². The second kappa shape index (κ2) is 4.36. The van der Waals surface area contributed by atoms with Crippen LogP contribution >= 0.6 is 0 Å². The van der Waals surface area contributed by atoms with Gasteiger partial charge in [0, 0.05) is 0 Å². The van der Waals surface area contributed by atoms with E-state index in [0.717, 1.165) is 18.6 Å². The average molecular weight is 232 g/mol. The molecule has 1 aromatic rings. The van der Waals surface area contributed by atoms with Gasteiger partial charge in [0.15, 0.2) is 0 Å². The summed E-state index contributed by atoms with van der Waals surface area (Å²) in [4.78, 5) is 0. The van der Waals surface area contributed by atoms with Crippen molar-refractivity contribution in [1.29, 1.82) is 0 Å². The number of ether oxygens (including phenoxy) is 1. The van der Waals surface area contributed by atoms with Crippen molar-refractivity contribution in [1.82, 2.24) is 0 Å². The molecule has 0 atom stereocenters. The van der Waals surface area contributed by atoms with Crippen molar-refractivity contribution in [3.05, 3.63) is 30.3 Å². The number of para-hydroxylation sites is 1. The van der Waals surface area contributed by atoms with Gasteiger partial charge in [-0.25, -0.2) is 0 Å². The molecule has 1 aliphatic carbocycles. The van der Waals surface area contributed by atoms with Gasteiger partial charge in [0.05, 0.1) is 6.10 Å². The second-order valence-electron chi connectivity index (χ2n) is 6.97. The lowest BCUT2D eigenvalue weighted by Gasteiger charge is -2.44. The molecule has 0 heterocycles. The van der Waals surface area contributed by atoms with Crippen LogP contribution in [0.3, 0.4) is 0 Å². The number of hydrogen-bond acceptors (Lipinski definition) is 1. The first-order valence-electron chi connectivity index (χ1n) is 6.58. The molecular weight excluding hydrogens is 208 g/mol. The van der Waals surface area contributed by atoms with E-state index in [0.29, 0.717) is 16.9 Å². The summed E-state index contributed by atoms with van der Waals surface area (Å²) in [5, 5.41) is 0. The molecule has 1 aliphatic rings. The molecule has 1 fully saturated rings. The van der Waals surface area contributed by atoms with E-state index < -0.39 is 0 Å². The van der Waals surface area contributed by atoms with Crippen LogP contribution in [0.1, 0.15) is 47.0 Å². The van der Waals surface area contributed by atoms with Crippen molar-refractivity contribution in [2.45, 2.75) is 53.1 Å². The highest BCUT2D eigenvalue weighted by Crippen LogP contribution is 2.46. The minimum absolute atomic E-state index is 0.358. The zero-order valence-corrected chi connectivity index (χ0v) is 11.5. The van der Waals surface area contributed by atoms with Crippen LogP contribution in [0.5, 0.6) is 5.75 Å². The molecule has 0 aromatic heterocycles. The second-order valence-corrected chi connectivity index (χ2v) is 6.97. The first kappa shape index (κ1) is 12.5. The highest BCUT2D eigenvalue weighted by Gasteiger charge is 2.39. The van der Waals surface area contributed by atoms with Crippen LogP contribution < -0.4 is 4.74 Å². The van der Waals surface area contributed by atoms with Gasteiger partial charge in [0.1, 0.15) is 5.75 Å². The minimum atomic E-state index is 0.358. The van der Waals surface area contributed by atoms with E-state index in [4.69, 9.17) is 4.74 Å². The zero-order valence-electron chi connectivity index (χ0n) is 11.5. The van der Waals surface area contributed by atoms with E-state index in [1.165, 1.54) is 6.42 Å². The monoisotopic (exact) mass is 232 g/mol. The molecule has 2 rings (SSSR count). The van der Waals surface area contributed by atoms with E-state index in [1.54, 1.807) is 0 Å². The van der Waals surface area contributed by atoms with Crippen LogP contribution in [0, 0.1) is 10.8 Å². The summed E-state index contributed by atoms with van der Waals surface area (Å²) in [5.41, 5.74) is 0.780.